The Kier molecular flexibility index (Phi) is 23.7. The highest BCUT2D eigenvalue weighted by molar-refractivity contribution is 7.80. The summed E-state index contributed by atoms with van der Waals surface area (Å²) >= 11 is 8.14. The van der Waals surface area contributed by atoms with E-state index in [0.717, 1.165) is 4.90 Å². The number of thiol groups is 2. The van der Waals surface area contributed by atoms with E-state index >= 15 is 0 Å². The van der Waals surface area contributed by atoms with E-state index < -0.39 is 108 Å². The Morgan fingerprint density at radius 1 is 0.551 bits per heavy atom. The molecule has 0 saturated carbocycles. The number of nitrogens with two attached hydrogens (primary N) is 2. The van der Waals surface area contributed by atoms with Crippen LogP contribution in [0.15, 0.2) is 121 Å². The molecule has 416 valence electrons. The number of H-pyrrole nitrogens is 1. The molecular formula is C54H67N11O11S2. The second-order valence-corrected chi connectivity index (χ2v) is 19.2. The van der Waals surface area contributed by atoms with Gasteiger partial charge >= 0.3 is 5.97 Å². The number of rotatable bonds is 29. The minimum absolute atomic E-state index is 0.00756. The molecule has 0 aliphatic rings. The minimum Gasteiger partial charge on any atom is -0.480 e. The molecule has 0 aliphatic carbocycles. The van der Waals surface area contributed by atoms with Crippen LogP contribution in [-0.4, -0.2) is 153 Å². The zero-order chi connectivity index (χ0) is 56.9. The number of benzene rings is 4. The van der Waals surface area contributed by atoms with Gasteiger partial charge in [0.05, 0.1) is 12.1 Å². The number of aliphatic carboxylic acids is 1. The summed E-state index contributed by atoms with van der Waals surface area (Å²) in [7, 11) is 1.19. The van der Waals surface area contributed by atoms with Crippen molar-refractivity contribution in [1.82, 2.24) is 47.1 Å². The lowest BCUT2D eigenvalue weighted by atomic mass is 10.0. The van der Waals surface area contributed by atoms with Gasteiger partial charge in [0.25, 0.3) is 5.91 Å². The van der Waals surface area contributed by atoms with Crippen LogP contribution in [0, 0.1) is 0 Å². The van der Waals surface area contributed by atoms with Crippen LogP contribution in [-0.2, 0) is 68.8 Å². The molecule has 9 atom stereocenters. The Bertz CT molecular complexity index is 2850. The molecule has 8 amide bonds. The standard InChI is InChI=1S/C54H67N11O11S2/c1-31(66)45(52(73)61-41(26-34-18-10-5-11-19-34)50(71)62-43(30-78)54(75)76)63-53(74)46(65(2)44(67)22-23-55)64-51(72)42(27-35-28-57-38-21-13-12-20-36(35)38)60-49(70)40(25-33-16-8-4-9-17-33)59-48(69)39(58-47(68)37(56)29-77)24-32-14-6-3-7-15-32/h3-21,28,31,37,39-43,45-46,57,66,77-78H,22-27,29-30,55-56H2,1-2H3,(H,58,68)(H,59,69)(H,60,70)(H,61,73)(H,62,71)(H,63,74)(H,64,72)(H,75,76)/t31-,37+,39+,40+,41+,42-,43+,45+,46+/m1/s1. The van der Waals surface area contributed by atoms with Crippen LogP contribution in [0.2, 0.25) is 0 Å². The molecular weight excluding hydrogens is 1040 g/mol. The van der Waals surface area contributed by atoms with Gasteiger partial charge in [0.2, 0.25) is 41.4 Å². The van der Waals surface area contributed by atoms with Crippen molar-refractivity contribution in [2.45, 2.75) is 93.6 Å². The Labute approximate surface area is 461 Å². The van der Waals surface area contributed by atoms with Gasteiger partial charge in [-0.3, -0.25) is 38.4 Å². The number of carboxylic acids is 1. The molecule has 0 radical (unpaired) electrons. The fraction of sp³-hybridized carbons (Fsp3) is 0.352. The number of fused-ring (bicyclic) bond motifs is 1. The second-order valence-electron chi connectivity index (χ2n) is 18.4. The summed E-state index contributed by atoms with van der Waals surface area (Å²) in [5.74, 6) is -8.93. The predicted octanol–water partition coefficient (Wildman–Crippen LogP) is -0.751. The van der Waals surface area contributed by atoms with Crippen molar-refractivity contribution in [3.05, 3.63) is 144 Å². The number of carbonyl (C=O) groups excluding carboxylic acids is 8. The Hall–Kier alpha value is -7.77. The minimum atomic E-state index is -1.95. The normalized spacial score (nSPS) is 14.6. The summed E-state index contributed by atoms with van der Waals surface area (Å²) in [6.07, 6.45) is -2.77. The maximum atomic E-state index is 14.9. The van der Waals surface area contributed by atoms with Crippen molar-refractivity contribution in [2.24, 2.45) is 11.5 Å². The summed E-state index contributed by atoms with van der Waals surface area (Å²) in [5.41, 5.74) is 14.8. The second kappa shape index (κ2) is 30.2. The number of aliphatic hydroxyl groups excluding tert-OH is 1. The monoisotopic (exact) mass is 1110 g/mol. The first-order chi connectivity index (χ1) is 37.3. The van der Waals surface area contributed by atoms with Crippen LogP contribution < -0.4 is 48.7 Å². The third kappa shape index (κ3) is 17.9. The van der Waals surface area contributed by atoms with Gasteiger partial charge in [-0.25, -0.2) is 4.79 Å². The van der Waals surface area contributed by atoms with E-state index in [1.165, 1.54) is 14.0 Å². The van der Waals surface area contributed by atoms with E-state index in [-0.39, 0.29) is 50.2 Å². The number of likely N-dealkylation sites (N-methyl/N-ethyl adjacent to an activating group) is 1. The summed E-state index contributed by atoms with van der Waals surface area (Å²) in [6, 6.07) is 23.1. The lowest BCUT2D eigenvalue weighted by Crippen LogP contribution is -2.65. The molecule has 78 heavy (non-hydrogen) atoms. The number of hydrogen-bond donors (Lipinski definition) is 14. The number of hydrogen-bond acceptors (Lipinski definition) is 14. The van der Waals surface area contributed by atoms with E-state index in [1.807, 2.05) is 0 Å². The summed E-state index contributed by atoms with van der Waals surface area (Å²) in [5, 5.41) is 39.2. The molecule has 0 unspecified atom stereocenters. The highest BCUT2D eigenvalue weighted by Gasteiger charge is 2.38. The van der Waals surface area contributed by atoms with Gasteiger partial charge < -0.3 is 68.8 Å². The molecule has 0 aliphatic heterocycles. The van der Waals surface area contributed by atoms with Crippen molar-refractivity contribution < 1.29 is 53.4 Å². The molecule has 5 aromatic rings. The van der Waals surface area contributed by atoms with Crippen molar-refractivity contribution in [2.75, 3.05) is 25.1 Å². The lowest BCUT2D eigenvalue weighted by molar-refractivity contribution is -0.145. The quantitative estimate of drug-likeness (QED) is 0.0207. The number of para-hydroxylation sites is 1. The van der Waals surface area contributed by atoms with Gasteiger partial charge in [-0.15, -0.1) is 0 Å². The summed E-state index contributed by atoms with van der Waals surface area (Å²) in [6.45, 7) is 0.998. The van der Waals surface area contributed by atoms with Gasteiger partial charge in [0.15, 0.2) is 6.17 Å². The van der Waals surface area contributed by atoms with E-state index in [4.69, 9.17) is 11.5 Å². The fourth-order valence-corrected chi connectivity index (χ4v) is 8.60. The van der Waals surface area contributed by atoms with E-state index in [2.05, 4.69) is 67.5 Å². The number of aromatic nitrogens is 1. The van der Waals surface area contributed by atoms with Gasteiger partial charge in [0.1, 0.15) is 36.3 Å². The zero-order valence-electron chi connectivity index (χ0n) is 43.0. The predicted molar refractivity (Wildman–Crippen MR) is 297 cm³/mol. The molecule has 0 fully saturated rings. The largest absolute Gasteiger partial charge is 0.480 e. The number of carboxylic acid groups (broad SMARTS) is 1. The van der Waals surface area contributed by atoms with E-state index in [9.17, 15) is 53.4 Å². The smallest absolute Gasteiger partial charge is 0.327 e. The first kappa shape index (κ1) is 61.1. The zero-order valence-corrected chi connectivity index (χ0v) is 44.8. The average Bonchev–Trinajstić information content (AvgIpc) is 3.85. The molecule has 22 nitrogen and oxygen atoms in total. The number of aromatic amines is 1. The molecule has 14 N–H and O–H groups in total. The van der Waals surface area contributed by atoms with Gasteiger partial charge in [-0.2, -0.15) is 25.3 Å². The third-order valence-electron chi connectivity index (χ3n) is 12.5. The Morgan fingerprint density at radius 3 is 1.42 bits per heavy atom. The number of aliphatic hydroxyl groups is 1. The first-order valence-corrected chi connectivity index (χ1v) is 26.2. The maximum Gasteiger partial charge on any atom is 0.327 e. The topological polar surface area (TPSA) is 349 Å². The SMILES string of the molecule is C[C@@H](O)[C@H](NC(=O)[C@@H](NC(=O)[C@@H](Cc1c[nH]c2ccccc12)NC(=O)[C@H](Cc1ccccc1)NC(=O)[C@H](Cc1ccccc1)NC(=O)[C@@H](N)CS)N(C)C(=O)CCN)C(=O)N[C@@H](Cc1ccccc1)C(=O)N[C@@H](CS)C(=O)O. The first-order valence-electron chi connectivity index (χ1n) is 25.0. The highest BCUT2D eigenvalue weighted by Crippen LogP contribution is 2.20. The van der Waals surface area contributed by atoms with Crippen molar-refractivity contribution in [3.63, 3.8) is 0 Å². The fourth-order valence-electron chi connectivity index (χ4n) is 8.19. The molecule has 0 spiro atoms. The van der Waals surface area contributed by atoms with Crippen LogP contribution in [0.1, 0.15) is 35.6 Å². The number of carbonyl (C=O) groups is 9. The van der Waals surface area contributed by atoms with Gasteiger partial charge in [0, 0.05) is 74.3 Å². The van der Waals surface area contributed by atoms with Crippen LogP contribution in [0.25, 0.3) is 10.9 Å². The molecule has 0 saturated heterocycles. The van der Waals surface area contributed by atoms with E-state index in [1.54, 1.807) is 121 Å². The molecule has 4 aromatic carbocycles. The van der Waals surface area contributed by atoms with Gasteiger partial charge in [-0.05, 0) is 35.2 Å². The summed E-state index contributed by atoms with van der Waals surface area (Å²) in [4.78, 5) is 129. The summed E-state index contributed by atoms with van der Waals surface area (Å²) < 4.78 is 0. The van der Waals surface area contributed by atoms with Crippen molar-refractivity contribution in [1.29, 1.82) is 0 Å². The van der Waals surface area contributed by atoms with E-state index in [0.29, 0.717) is 33.2 Å². The van der Waals surface area contributed by atoms with Crippen molar-refractivity contribution in [3.8, 4) is 0 Å². The molecule has 24 heteroatoms. The van der Waals surface area contributed by atoms with Gasteiger partial charge in [-0.1, -0.05) is 109 Å². The van der Waals surface area contributed by atoms with Crippen LogP contribution >= 0.6 is 25.3 Å². The molecule has 1 heterocycles. The number of nitrogens with one attached hydrogen (secondary N) is 8. The van der Waals surface area contributed by atoms with Crippen LogP contribution in [0.4, 0.5) is 0 Å². The lowest BCUT2D eigenvalue weighted by Gasteiger charge is -2.32. The number of nitrogens with zero attached hydrogens (tertiary/aromatic N) is 1. The maximum absolute atomic E-state index is 14.9. The third-order valence-corrected chi connectivity index (χ3v) is 13.3. The van der Waals surface area contributed by atoms with Crippen LogP contribution in [0.3, 0.4) is 0 Å². The molecule has 5 rings (SSSR count). The average molecular weight is 1110 g/mol. The highest BCUT2D eigenvalue weighted by atomic mass is 32.1. The Morgan fingerprint density at radius 2 is 0.974 bits per heavy atom. The Balaban J connectivity index is 1.49. The number of amides is 8. The van der Waals surface area contributed by atoms with Crippen LogP contribution in [0.5, 0.6) is 0 Å². The molecule has 0 bridgehead atoms. The van der Waals surface area contributed by atoms with Crippen molar-refractivity contribution >= 4 is 89.4 Å². The molecule has 1 aromatic heterocycles.